The molecule has 2 aromatic rings. The zero-order valence-corrected chi connectivity index (χ0v) is 18.0. The van der Waals surface area contributed by atoms with Gasteiger partial charge in [-0.2, -0.15) is 0 Å². The minimum absolute atomic E-state index is 0.0149. The lowest BCUT2D eigenvalue weighted by Crippen LogP contribution is -3.15. The Balaban J connectivity index is 1.43. The number of piperazine rings is 1. The van der Waals surface area contributed by atoms with E-state index in [1.54, 1.807) is 14.2 Å². The fraction of sp³-hybridized carbons (Fsp3) is 0.391. The fourth-order valence-corrected chi connectivity index (χ4v) is 3.55. The van der Waals surface area contributed by atoms with Crippen LogP contribution in [0.1, 0.15) is 5.56 Å². The molecule has 0 atom stereocenters. The minimum Gasteiger partial charge on any atom is -0.497 e. The Morgan fingerprint density at radius 2 is 1.83 bits per heavy atom. The van der Waals surface area contributed by atoms with Crippen molar-refractivity contribution in [1.82, 2.24) is 4.90 Å². The van der Waals surface area contributed by atoms with E-state index in [2.05, 4.69) is 16.3 Å². The Morgan fingerprint density at radius 3 is 2.50 bits per heavy atom. The van der Waals surface area contributed by atoms with Gasteiger partial charge in [0.25, 0.3) is 5.91 Å². The molecule has 1 aliphatic heterocycles. The molecule has 7 nitrogen and oxygen atoms in total. The molecule has 0 aromatic heterocycles. The largest absolute Gasteiger partial charge is 0.497 e. The molecule has 0 saturated carbocycles. The molecule has 1 saturated heterocycles. The second kappa shape index (κ2) is 10.1. The monoisotopic (exact) mass is 411 g/mol. The van der Waals surface area contributed by atoms with Gasteiger partial charge in [0.1, 0.15) is 5.75 Å². The Bertz CT molecular complexity index is 861. The molecule has 1 aliphatic rings. The van der Waals surface area contributed by atoms with E-state index >= 15 is 0 Å². The maximum atomic E-state index is 12.6. The van der Waals surface area contributed by atoms with Crippen LogP contribution in [-0.2, 0) is 9.59 Å². The summed E-state index contributed by atoms with van der Waals surface area (Å²) in [6, 6.07) is 15.7. The molecule has 2 aromatic carbocycles. The van der Waals surface area contributed by atoms with Gasteiger partial charge in [-0.15, -0.1) is 0 Å². The summed E-state index contributed by atoms with van der Waals surface area (Å²) in [5, 5.41) is 2.84. The number of anilines is 2. The predicted octanol–water partition coefficient (Wildman–Crippen LogP) is 0.806. The number of hydrogen-bond acceptors (Lipinski definition) is 4. The summed E-state index contributed by atoms with van der Waals surface area (Å²) in [6.45, 7) is 5.98. The molecule has 2 amide bonds. The predicted molar refractivity (Wildman–Crippen MR) is 118 cm³/mol. The van der Waals surface area contributed by atoms with E-state index in [4.69, 9.17) is 4.74 Å². The van der Waals surface area contributed by atoms with E-state index in [1.807, 2.05) is 49.4 Å². The third kappa shape index (κ3) is 5.97. The van der Waals surface area contributed by atoms with Crippen molar-refractivity contribution in [3.8, 4) is 5.75 Å². The number of rotatable bonds is 7. The topological polar surface area (TPSA) is 66.3 Å². The third-order valence-electron chi connectivity index (χ3n) is 5.43. The van der Waals surface area contributed by atoms with Crippen LogP contribution in [0, 0.1) is 6.92 Å². The fourth-order valence-electron chi connectivity index (χ4n) is 3.55. The maximum Gasteiger partial charge on any atom is 0.277 e. The van der Waals surface area contributed by atoms with Gasteiger partial charge in [-0.25, -0.2) is 0 Å². The van der Waals surface area contributed by atoms with Gasteiger partial charge in [0.2, 0.25) is 5.91 Å². The summed E-state index contributed by atoms with van der Waals surface area (Å²) < 4.78 is 5.31. The highest BCUT2D eigenvalue weighted by molar-refractivity contribution is 5.94. The van der Waals surface area contributed by atoms with Crippen molar-refractivity contribution < 1.29 is 19.2 Å². The minimum atomic E-state index is -0.187. The van der Waals surface area contributed by atoms with Crippen molar-refractivity contribution in [1.29, 1.82) is 0 Å². The molecule has 0 bridgehead atoms. The van der Waals surface area contributed by atoms with Crippen LogP contribution < -0.4 is 19.9 Å². The quantitative estimate of drug-likeness (QED) is 0.708. The highest BCUT2D eigenvalue weighted by Crippen LogP contribution is 2.20. The van der Waals surface area contributed by atoms with Crippen molar-refractivity contribution in [2.45, 2.75) is 6.92 Å². The normalized spacial score (nSPS) is 14.3. The molecule has 7 heteroatoms. The number of nitrogens with zero attached hydrogens (tertiary/aromatic N) is 2. The summed E-state index contributed by atoms with van der Waals surface area (Å²) in [7, 11) is 3.35. The van der Waals surface area contributed by atoms with Crippen LogP contribution in [0.15, 0.2) is 48.5 Å². The van der Waals surface area contributed by atoms with E-state index in [9.17, 15) is 9.59 Å². The van der Waals surface area contributed by atoms with Gasteiger partial charge in [-0.1, -0.05) is 23.8 Å². The molecule has 0 radical (unpaired) electrons. The van der Waals surface area contributed by atoms with Gasteiger partial charge in [0.15, 0.2) is 6.54 Å². The average molecular weight is 412 g/mol. The van der Waals surface area contributed by atoms with Crippen LogP contribution in [0.2, 0.25) is 0 Å². The molecule has 1 heterocycles. The zero-order valence-electron chi connectivity index (χ0n) is 18.0. The van der Waals surface area contributed by atoms with Crippen LogP contribution in [0.5, 0.6) is 5.75 Å². The van der Waals surface area contributed by atoms with Crippen LogP contribution in [0.3, 0.4) is 0 Å². The Labute approximate surface area is 178 Å². The molecule has 0 aliphatic carbocycles. The first-order valence-corrected chi connectivity index (χ1v) is 10.3. The molecule has 0 unspecified atom stereocenters. The number of methoxy groups -OCH3 is 1. The van der Waals surface area contributed by atoms with Crippen molar-refractivity contribution in [2.24, 2.45) is 0 Å². The van der Waals surface area contributed by atoms with Gasteiger partial charge in [0, 0.05) is 24.5 Å². The third-order valence-corrected chi connectivity index (χ3v) is 5.43. The van der Waals surface area contributed by atoms with Crippen molar-refractivity contribution in [2.75, 3.05) is 63.6 Å². The standard InChI is InChI=1S/C23H30N4O3/c1-18-7-9-19(10-8-18)24-22(28)16-25(2)23(29)17-26-11-13-27(14-12-26)20-5-4-6-21(15-20)30-3/h4-10,15H,11-14,16-17H2,1-3H3,(H,24,28)/p+1. The van der Waals surface area contributed by atoms with E-state index in [-0.39, 0.29) is 18.4 Å². The lowest BCUT2D eigenvalue weighted by Gasteiger charge is -2.34. The first-order chi connectivity index (χ1) is 14.4. The zero-order chi connectivity index (χ0) is 21.5. The lowest BCUT2D eigenvalue weighted by atomic mass is 10.2. The Morgan fingerprint density at radius 1 is 1.13 bits per heavy atom. The van der Waals surface area contributed by atoms with Gasteiger partial charge in [-0.3, -0.25) is 9.59 Å². The summed E-state index contributed by atoms with van der Waals surface area (Å²) in [5.41, 5.74) is 3.02. The number of aryl methyl sites for hydroxylation is 1. The Hall–Kier alpha value is -3.06. The molecular formula is C23H31N4O3+. The van der Waals surface area contributed by atoms with Crippen LogP contribution in [0.25, 0.3) is 0 Å². The number of ether oxygens (including phenoxy) is 1. The molecule has 3 rings (SSSR count). The molecule has 160 valence electrons. The van der Waals surface area contributed by atoms with Gasteiger partial charge >= 0.3 is 0 Å². The number of likely N-dealkylation sites (N-methyl/N-ethyl adjacent to an activating group) is 1. The van der Waals surface area contributed by atoms with Crippen molar-refractivity contribution in [3.63, 3.8) is 0 Å². The van der Waals surface area contributed by atoms with Gasteiger partial charge in [-0.05, 0) is 31.2 Å². The molecular weight excluding hydrogens is 380 g/mol. The SMILES string of the molecule is COc1cccc(N2CC[NH+](CC(=O)N(C)CC(=O)Nc3ccc(C)cc3)CC2)c1. The first-order valence-electron chi connectivity index (χ1n) is 10.3. The van der Waals surface area contributed by atoms with Gasteiger partial charge in [0.05, 0.1) is 39.8 Å². The summed E-state index contributed by atoms with van der Waals surface area (Å²) in [5.74, 6) is 0.648. The molecule has 2 N–H and O–H groups in total. The second-order valence-corrected chi connectivity index (χ2v) is 7.78. The van der Waals surface area contributed by atoms with Crippen LogP contribution in [-0.4, -0.2) is 70.1 Å². The van der Waals surface area contributed by atoms with E-state index < -0.39 is 0 Å². The van der Waals surface area contributed by atoms with E-state index in [1.165, 1.54) is 9.80 Å². The highest BCUT2D eigenvalue weighted by atomic mass is 16.5. The Kier molecular flexibility index (Phi) is 7.30. The van der Waals surface area contributed by atoms with Crippen LogP contribution >= 0.6 is 0 Å². The molecule has 1 fully saturated rings. The van der Waals surface area contributed by atoms with Gasteiger partial charge < -0.3 is 24.8 Å². The number of benzene rings is 2. The number of hydrogen-bond donors (Lipinski definition) is 2. The smallest absolute Gasteiger partial charge is 0.277 e. The number of quaternary nitrogens is 1. The highest BCUT2D eigenvalue weighted by Gasteiger charge is 2.24. The summed E-state index contributed by atoms with van der Waals surface area (Å²) in [6.07, 6.45) is 0. The van der Waals surface area contributed by atoms with E-state index in [0.29, 0.717) is 6.54 Å². The second-order valence-electron chi connectivity index (χ2n) is 7.78. The summed E-state index contributed by atoms with van der Waals surface area (Å²) in [4.78, 5) is 29.9. The maximum absolute atomic E-state index is 12.6. The summed E-state index contributed by atoms with van der Waals surface area (Å²) >= 11 is 0. The van der Waals surface area contributed by atoms with E-state index in [0.717, 1.165) is 48.9 Å². The van der Waals surface area contributed by atoms with Crippen molar-refractivity contribution >= 4 is 23.2 Å². The first kappa shape index (κ1) is 21.6. The van der Waals surface area contributed by atoms with Crippen molar-refractivity contribution in [3.05, 3.63) is 54.1 Å². The molecule has 0 spiro atoms. The number of nitrogens with one attached hydrogen (secondary N) is 2. The van der Waals surface area contributed by atoms with Crippen LogP contribution in [0.4, 0.5) is 11.4 Å². The average Bonchev–Trinajstić information content (AvgIpc) is 2.75. The number of carbonyl (C=O) groups excluding carboxylic acids is 2. The number of carbonyl (C=O) groups is 2. The molecule has 30 heavy (non-hydrogen) atoms. The number of amides is 2. The lowest BCUT2D eigenvalue weighted by molar-refractivity contribution is -0.892.